The Labute approximate surface area is 121 Å². The standard InChI is InChI=1S/C16H14N4O/c21-16(18-11-6-7-11)13-4-1-5-15-14(13)10-20(19-15)12-3-2-8-17-9-12/h1-5,8-11H,6-7H2,(H,18,21). The van der Waals surface area contributed by atoms with E-state index >= 15 is 0 Å². The number of carbonyl (C=O) groups is 1. The average Bonchev–Trinajstić information content (AvgIpc) is 3.22. The molecule has 5 heteroatoms. The number of nitrogens with zero attached hydrogens (tertiary/aromatic N) is 3. The Bertz CT molecular complexity index is 806. The van der Waals surface area contributed by atoms with Gasteiger partial charge in [-0.1, -0.05) is 6.07 Å². The third-order valence-corrected chi connectivity index (χ3v) is 3.62. The molecule has 2 aromatic heterocycles. The third-order valence-electron chi connectivity index (χ3n) is 3.62. The van der Waals surface area contributed by atoms with Gasteiger partial charge in [-0.25, -0.2) is 4.68 Å². The Balaban J connectivity index is 1.78. The van der Waals surface area contributed by atoms with Crippen LogP contribution in [0, 0.1) is 0 Å². The summed E-state index contributed by atoms with van der Waals surface area (Å²) in [5.41, 5.74) is 2.36. The molecule has 1 N–H and O–H groups in total. The van der Waals surface area contributed by atoms with E-state index in [1.165, 1.54) is 0 Å². The van der Waals surface area contributed by atoms with Crippen molar-refractivity contribution in [3.05, 3.63) is 54.5 Å². The third kappa shape index (κ3) is 2.27. The van der Waals surface area contributed by atoms with Gasteiger partial charge in [-0.15, -0.1) is 0 Å². The maximum absolute atomic E-state index is 12.3. The van der Waals surface area contributed by atoms with Crippen molar-refractivity contribution in [1.82, 2.24) is 20.1 Å². The van der Waals surface area contributed by atoms with Gasteiger partial charge in [-0.3, -0.25) is 9.78 Å². The van der Waals surface area contributed by atoms with Crippen molar-refractivity contribution >= 4 is 16.8 Å². The van der Waals surface area contributed by atoms with Gasteiger partial charge in [0.1, 0.15) is 0 Å². The van der Waals surface area contributed by atoms with E-state index in [1.54, 1.807) is 17.1 Å². The Morgan fingerprint density at radius 1 is 1.24 bits per heavy atom. The van der Waals surface area contributed by atoms with Crippen molar-refractivity contribution in [1.29, 1.82) is 0 Å². The second kappa shape index (κ2) is 4.70. The van der Waals surface area contributed by atoms with Crippen LogP contribution in [-0.2, 0) is 0 Å². The van der Waals surface area contributed by atoms with Crippen LogP contribution in [-0.4, -0.2) is 26.7 Å². The molecule has 0 unspecified atom stereocenters. The molecule has 1 aliphatic carbocycles. The Morgan fingerprint density at radius 3 is 2.90 bits per heavy atom. The van der Waals surface area contributed by atoms with Crippen LogP contribution in [0.3, 0.4) is 0 Å². The molecule has 21 heavy (non-hydrogen) atoms. The molecule has 0 aliphatic heterocycles. The van der Waals surface area contributed by atoms with E-state index in [2.05, 4.69) is 15.4 Å². The van der Waals surface area contributed by atoms with Crippen LogP contribution in [0.25, 0.3) is 16.6 Å². The zero-order chi connectivity index (χ0) is 14.2. The highest BCUT2D eigenvalue weighted by molar-refractivity contribution is 6.06. The molecule has 3 aromatic rings. The van der Waals surface area contributed by atoms with Gasteiger partial charge in [0.05, 0.1) is 23.0 Å². The van der Waals surface area contributed by atoms with Crippen molar-refractivity contribution in [3.8, 4) is 5.69 Å². The van der Waals surface area contributed by atoms with Crippen LogP contribution in [0.2, 0.25) is 0 Å². The van der Waals surface area contributed by atoms with Crippen molar-refractivity contribution in [2.75, 3.05) is 0 Å². The highest BCUT2D eigenvalue weighted by Gasteiger charge is 2.24. The molecule has 1 aromatic carbocycles. The molecule has 1 fully saturated rings. The first-order valence-corrected chi connectivity index (χ1v) is 7.01. The number of pyridine rings is 1. The SMILES string of the molecule is O=C(NC1CC1)c1cccc2nn(-c3cccnc3)cc12. The summed E-state index contributed by atoms with van der Waals surface area (Å²) < 4.78 is 1.76. The lowest BCUT2D eigenvalue weighted by Gasteiger charge is -2.03. The number of amides is 1. The average molecular weight is 278 g/mol. The van der Waals surface area contributed by atoms with E-state index in [1.807, 2.05) is 36.5 Å². The first kappa shape index (κ1) is 12.1. The molecule has 0 saturated heterocycles. The number of nitrogens with one attached hydrogen (secondary N) is 1. The van der Waals surface area contributed by atoms with Gasteiger partial charge in [-0.05, 0) is 37.1 Å². The molecular weight excluding hydrogens is 264 g/mol. The van der Waals surface area contributed by atoms with Gasteiger partial charge in [0.2, 0.25) is 0 Å². The van der Waals surface area contributed by atoms with E-state index in [4.69, 9.17) is 0 Å². The van der Waals surface area contributed by atoms with Gasteiger partial charge < -0.3 is 5.32 Å². The molecule has 0 spiro atoms. The molecule has 104 valence electrons. The van der Waals surface area contributed by atoms with Gasteiger partial charge in [-0.2, -0.15) is 5.10 Å². The first-order chi connectivity index (χ1) is 10.3. The summed E-state index contributed by atoms with van der Waals surface area (Å²) in [6.45, 7) is 0. The molecule has 5 nitrogen and oxygen atoms in total. The minimum atomic E-state index is -0.0196. The summed E-state index contributed by atoms with van der Waals surface area (Å²) in [6, 6.07) is 9.77. The maximum atomic E-state index is 12.3. The summed E-state index contributed by atoms with van der Waals surface area (Å²) in [6.07, 6.45) is 7.51. The van der Waals surface area contributed by atoms with Gasteiger partial charge in [0.15, 0.2) is 0 Å². The zero-order valence-corrected chi connectivity index (χ0v) is 11.4. The van der Waals surface area contributed by atoms with Crippen LogP contribution in [0.1, 0.15) is 23.2 Å². The number of aromatic nitrogens is 3. The van der Waals surface area contributed by atoms with Crippen LogP contribution in [0.4, 0.5) is 0 Å². The number of fused-ring (bicyclic) bond motifs is 1. The summed E-state index contributed by atoms with van der Waals surface area (Å²) in [5.74, 6) is -0.0196. The second-order valence-corrected chi connectivity index (χ2v) is 5.27. The fourth-order valence-electron chi connectivity index (χ4n) is 2.35. The van der Waals surface area contributed by atoms with Crippen LogP contribution in [0.5, 0.6) is 0 Å². The molecule has 2 heterocycles. The Hall–Kier alpha value is -2.69. The van der Waals surface area contributed by atoms with Crippen LogP contribution >= 0.6 is 0 Å². The predicted octanol–water partition coefficient (Wildman–Crippen LogP) is 2.31. The zero-order valence-electron chi connectivity index (χ0n) is 11.4. The van der Waals surface area contributed by atoms with E-state index in [9.17, 15) is 4.79 Å². The fourth-order valence-corrected chi connectivity index (χ4v) is 2.35. The lowest BCUT2D eigenvalue weighted by Crippen LogP contribution is -2.25. The smallest absolute Gasteiger partial charge is 0.252 e. The van der Waals surface area contributed by atoms with E-state index in [0.29, 0.717) is 11.6 Å². The number of rotatable bonds is 3. The quantitative estimate of drug-likeness (QED) is 0.799. The van der Waals surface area contributed by atoms with E-state index in [0.717, 1.165) is 29.4 Å². The summed E-state index contributed by atoms with van der Waals surface area (Å²) >= 11 is 0. The number of carbonyl (C=O) groups excluding carboxylic acids is 1. The highest BCUT2D eigenvalue weighted by Crippen LogP contribution is 2.23. The van der Waals surface area contributed by atoms with Gasteiger partial charge >= 0.3 is 0 Å². The first-order valence-electron chi connectivity index (χ1n) is 7.01. The lowest BCUT2D eigenvalue weighted by molar-refractivity contribution is 0.0952. The topological polar surface area (TPSA) is 59.8 Å². The molecule has 1 aliphatic rings. The fraction of sp³-hybridized carbons (Fsp3) is 0.188. The molecule has 1 amide bonds. The highest BCUT2D eigenvalue weighted by atomic mass is 16.1. The maximum Gasteiger partial charge on any atom is 0.252 e. The Kier molecular flexibility index (Phi) is 2.70. The Morgan fingerprint density at radius 2 is 2.14 bits per heavy atom. The number of benzene rings is 1. The normalized spacial score (nSPS) is 14.3. The van der Waals surface area contributed by atoms with E-state index in [-0.39, 0.29) is 5.91 Å². The van der Waals surface area contributed by atoms with Crippen molar-refractivity contribution in [2.24, 2.45) is 0 Å². The number of hydrogen-bond acceptors (Lipinski definition) is 3. The minimum absolute atomic E-state index is 0.0196. The van der Waals surface area contributed by atoms with Crippen molar-refractivity contribution in [2.45, 2.75) is 18.9 Å². The molecule has 0 atom stereocenters. The van der Waals surface area contributed by atoms with Crippen molar-refractivity contribution in [3.63, 3.8) is 0 Å². The van der Waals surface area contributed by atoms with Gasteiger partial charge in [0, 0.05) is 23.8 Å². The lowest BCUT2D eigenvalue weighted by atomic mass is 10.1. The molecule has 0 radical (unpaired) electrons. The molecule has 0 bridgehead atoms. The molecular formula is C16H14N4O. The van der Waals surface area contributed by atoms with Crippen LogP contribution < -0.4 is 5.32 Å². The second-order valence-electron chi connectivity index (χ2n) is 5.27. The summed E-state index contributed by atoms with van der Waals surface area (Å²) in [7, 11) is 0. The number of hydrogen-bond donors (Lipinski definition) is 1. The molecule has 1 saturated carbocycles. The van der Waals surface area contributed by atoms with Crippen molar-refractivity contribution < 1.29 is 4.79 Å². The van der Waals surface area contributed by atoms with Gasteiger partial charge in [0.25, 0.3) is 5.91 Å². The van der Waals surface area contributed by atoms with Crippen LogP contribution in [0.15, 0.2) is 48.9 Å². The monoisotopic (exact) mass is 278 g/mol. The predicted molar refractivity (Wildman–Crippen MR) is 79.4 cm³/mol. The summed E-state index contributed by atoms with van der Waals surface area (Å²) in [4.78, 5) is 16.4. The largest absolute Gasteiger partial charge is 0.349 e. The minimum Gasteiger partial charge on any atom is -0.349 e. The molecule has 4 rings (SSSR count). The van der Waals surface area contributed by atoms with E-state index < -0.39 is 0 Å². The summed E-state index contributed by atoms with van der Waals surface area (Å²) in [5, 5.41) is 8.40.